The minimum Gasteiger partial charge on any atom is -0.550 e. The first-order valence-electron chi connectivity index (χ1n) is 53.8. The van der Waals surface area contributed by atoms with Gasteiger partial charge in [-0.05, 0) is 77.0 Å². The van der Waals surface area contributed by atoms with Crippen LogP contribution in [0.5, 0.6) is 0 Å². The van der Waals surface area contributed by atoms with E-state index in [1.807, 2.05) is 0 Å². The van der Waals surface area contributed by atoms with E-state index in [0.717, 1.165) is 77.0 Å². The number of hydrogen-bond donors (Lipinski definition) is 0. The maximum absolute atomic E-state index is 10.2. The molecule has 14 heteroatoms. The summed E-state index contributed by atoms with van der Waals surface area (Å²) in [4.78, 5) is 61.3. The minimum atomic E-state index is -0.903. The predicted molar refractivity (Wildman–Crippen MR) is 513 cm³/mol. The van der Waals surface area contributed by atoms with Crippen LogP contribution in [0.25, 0.3) is 0 Å². The number of carboxylic acid groups (broad SMARTS) is 6. The van der Waals surface area contributed by atoms with Gasteiger partial charge in [0.25, 0.3) is 0 Å². The van der Waals surface area contributed by atoms with E-state index in [-0.39, 0.29) is 83.3 Å². The first-order chi connectivity index (χ1) is 58.6. The molecule has 12 nitrogen and oxygen atoms in total. The van der Waals surface area contributed by atoms with Crippen molar-refractivity contribution in [1.82, 2.24) is 0 Å². The molecule has 0 radical (unpaired) electrons. The zero-order chi connectivity index (χ0) is 89.3. The Labute approximate surface area is 792 Å². The standard InChI is InChI=1S/6C18H36O2.Mg.Ti/c6*1-2-3-4-5-6-7-8-9-10-11-12-13-14-15-16-17-18(19)20;;/h6*2-17H2,1H3,(H,19,20);;/q;;;;;;+2;+4/p-6. The molecule has 0 unspecified atom stereocenters. The van der Waals surface area contributed by atoms with Crippen LogP contribution < -0.4 is 30.6 Å². The summed E-state index contributed by atoms with van der Waals surface area (Å²) in [5.74, 6) is -5.42. The first kappa shape index (κ1) is 136. The van der Waals surface area contributed by atoms with Gasteiger partial charge in [0.2, 0.25) is 0 Å². The molecule has 0 aliphatic rings. The second kappa shape index (κ2) is 132. The van der Waals surface area contributed by atoms with Gasteiger partial charge in [0, 0.05) is 35.8 Å². The number of rotatable bonds is 96. The zero-order valence-corrected chi connectivity index (χ0v) is 86.0. The molecule has 0 aromatic heterocycles. The Balaban J connectivity index is -0.000000212. The Bertz CT molecular complexity index is 1570. The van der Waals surface area contributed by atoms with Crippen molar-refractivity contribution in [2.24, 2.45) is 0 Å². The molecule has 0 aliphatic heterocycles. The molecule has 122 heavy (non-hydrogen) atoms. The van der Waals surface area contributed by atoms with Gasteiger partial charge in [-0.25, -0.2) is 0 Å². The maximum atomic E-state index is 10.2. The second-order valence-corrected chi connectivity index (χ2v) is 36.4. The van der Waals surface area contributed by atoms with Gasteiger partial charge in [-0.1, -0.05) is 581 Å². The number of unbranched alkanes of at least 4 members (excludes halogenated alkanes) is 84. The van der Waals surface area contributed by atoms with Crippen molar-refractivity contribution < 1.29 is 81.1 Å². The van der Waals surface area contributed by atoms with Gasteiger partial charge in [-0.3, -0.25) is 0 Å². The van der Waals surface area contributed by atoms with Gasteiger partial charge in [0.05, 0.1) is 0 Å². The fourth-order valence-corrected chi connectivity index (χ4v) is 15.8. The fourth-order valence-electron chi connectivity index (χ4n) is 15.8. The van der Waals surface area contributed by atoms with Gasteiger partial charge in [0.1, 0.15) is 0 Å². The van der Waals surface area contributed by atoms with E-state index in [4.69, 9.17) is 0 Å². The van der Waals surface area contributed by atoms with Crippen LogP contribution in [0.1, 0.15) is 658 Å². The summed E-state index contributed by atoms with van der Waals surface area (Å²) in [6, 6.07) is 0. The van der Waals surface area contributed by atoms with Crippen molar-refractivity contribution in [2.75, 3.05) is 0 Å². The predicted octanol–water partition coefficient (Wildman–Crippen LogP) is 29.6. The molecule has 0 rings (SSSR count). The first-order valence-corrected chi connectivity index (χ1v) is 53.8. The molecule has 0 bridgehead atoms. The molecule has 0 heterocycles. The zero-order valence-electron chi connectivity index (χ0n) is 83.0. The molecule has 0 amide bonds. The monoisotopic (exact) mass is 1770 g/mol. The molecule has 0 saturated carbocycles. The summed E-state index contributed by atoms with van der Waals surface area (Å²) in [6.45, 7) is 13.6. The van der Waals surface area contributed by atoms with Crippen molar-refractivity contribution in [2.45, 2.75) is 658 Å². The molecule has 720 valence electrons. The molecule has 0 aromatic rings. The van der Waals surface area contributed by atoms with Crippen LogP contribution >= 0.6 is 0 Å². The van der Waals surface area contributed by atoms with Gasteiger partial charge >= 0.3 is 44.8 Å². The normalized spacial score (nSPS) is 10.7. The van der Waals surface area contributed by atoms with E-state index in [1.54, 1.807) is 0 Å². The average Bonchev–Trinajstić information content (AvgIpc) is 1.20. The smallest absolute Gasteiger partial charge is 0.550 e. The molecule has 0 aliphatic carbocycles. The minimum absolute atomic E-state index is 0. The third-order valence-electron chi connectivity index (χ3n) is 23.9. The largest absolute Gasteiger partial charge is 4.00 e. The quantitative estimate of drug-likeness (QED) is 0.0408. The fraction of sp³-hybridized carbons (Fsp3) is 0.944. The molecular formula is C108H210MgO12Ti. The van der Waals surface area contributed by atoms with E-state index in [0.29, 0.717) is 0 Å². The molecular weight excluding hydrogens is 1560 g/mol. The molecule has 0 spiro atoms. The van der Waals surface area contributed by atoms with Crippen molar-refractivity contribution in [3.05, 3.63) is 0 Å². The summed E-state index contributed by atoms with van der Waals surface area (Å²) in [5, 5.41) is 61.3. The summed E-state index contributed by atoms with van der Waals surface area (Å²) >= 11 is 0. The third kappa shape index (κ3) is 162. The Morgan fingerprint density at radius 2 is 0.164 bits per heavy atom. The van der Waals surface area contributed by atoms with Crippen molar-refractivity contribution in [1.29, 1.82) is 0 Å². The molecule has 0 fully saturated rings. The van der Waals surface area contributed by atoms with Gasteiger partial charge < -0.3 is 59.4 Å². The van der Waals surface area contributed by atoms with Crippen LogP contribution in [0.4, 0.5) is 0 Å². The molecule has 0 N–H and O–H groups in total. The Morgan fingerprint density at radius 1 is 0.115 bits per heavy atom. The Hall–Kier alpha value is -1.70. The van der Waals surface area contributed by atoms with Crippen LogP contribution in [0.15, 0.2) is 0 Å². The van der Waals surface area contributed by atoms with E-state index in [1.165, 1.54) is 501 Å². The topological polar surface area (TPSA) is 241 Å². The van der Waals surface area contributed by atoms with E-state index in [2.05, 4.69) is 41.5 Å². The van der Waals surface area contributed by atoms with Crippen molar-refractivity contribution >= 4 is 58.9 Å². The molecule has 0 aromatic carbocycles. The number of carbonyl (C=O) groups is 6. The van der Waals surface area contributed by atoms with Crippen LogP contribution in [-0.2, 0) is 50.5 Å². The Morgan fingerprint density at radius 3 is 0.213 bits per heavy atom. The summed E-state index contributed by atoms with van der Waals surface area (Å²) in [7, 11) is 0. The number of carbonyl (C=O) groups excluding carboxylic acids is 6. The number of aliphatic carboxylic acids is 6. The molecule has 0 atom stereocenters. The second-order valence-electron chi connectivity index (χ2n) is 36.4. The van der Waals surface area contributed by atoms with Crippen molar-refractivity contribution in [3.63, 3.8) is 0 Å². The van der Waals surface area contributed by atoms with E-state index < -0.39 is 35.8 Å². The average molecular weight is 1770 g/mol. The van der Waals surface area contributed by atoms with Crippen LogP contribution in [-0.4, -0.2) is 58.9 Å². The van der Waals surface area contributed by atoms with Crippen LogP contribution in [0.3, 0.4) is 0 Å². The molecule has 0 saturated heterocycles. The summed E-state index contributed by atoms with van der Waals surface area (Å²) < 4.78 is 0. The summed E-state index contributed by atoms with van der Waals surface area (Å²) in [5.41, 5.74) is 0. The van der Waals surface area contributed by atoms with Crippen LogP contribution in [0, 0.1) is 0 Å². The van der Waals surface area contributed by atoms with Crippen molar-refractivity contribution in [3.8, 4) is 0 Å². The third-order valence-corrected chi connectivity index (χ3v) is 23.9. The summed E-state index contributed by atoms with van der Waals surface area (Å²) in [6.07, 6.45) is 119. The number of carboxylic acids is 6. The van der Waals surface area contributed by atoms with Crippen LogP contribution in [0.2, 0.25) is 0 Å². The van der Waals surface area contributed by atoms with E-state index in [9.17, 15) is 59.4 Å². The Kier molecular flexibility index (Phi) is 147. The SMILES string of the molecule is CCCCCCCCCCCCCCCCCC(=O)[O-].CCCCCCCCCCCCCCCCCC(=O)[O-].CCCCCCCCCCCCCCCCCC(=O)[O-].CCCCCCCCCCCCCCCCCC(=O)[O-].CCCCCCCCCCCCCCCCCC(=O)[O-].CCCCCCCCCCCCCCCCCC(=O)[O-].[Mg+2].[Ti+4]. The van der Waals surface area contributed by atoms with Gasteiger partial charge in [-0.2, -0.15) is 0 Å². The van der Waals surface area contributed by atoms with E-state index >= 15 is 0 Å². The van der Waals surface area contributed by atoms with Gasteiger partial charge in [0.15, 0.2) is 0 Å². The number of hydrogen-bond acceptors (Lipinski definition) is 12. The van der Waals surface area contributed by atoms with Gasteiger partial charge in [-0.15, -0.1) is 0 Å². The maximum Gasteiger partial charge on any atom is 4.00 e.